The van der Waals surface area contributed by atoms with Crippen LogP contribution in [0.2, 0.25) is 0 Å². The van der Waals surface area contributed by atoms with E-state index in [1.54, 1.807) is 0 Å². The first-order valence-electron chi connectivity index (χ1n) is 21.6. The number of fused-ring (bicyclic) bond motifs is 16. The van der Waals surface area contributed by atoms with Gasteiger partial charge in [-0.05, 0) is 116 Å². The van der Waals surface area contributed by atoms with E-state index in [-0.39, 0.29) is 0 Å². The van der Waals surface area contributed by atoms with E-state index in [4.69, 9.17) is 4.42 Å². The number of anilines is 3. The van der Waals surface area contributed by atoms with E-state index in [1.165, 1.54) is 75.9 Å². The van der Waals surface area contributed by atoms with Crippen molar-refractivity contribution in [3.63, 3.8) is 0 Å². The molecule has 0 unspecified atom stereocenters. The Hall–Kier alpha value is -7.92. The van der Waals surface area contributed by atoms with E-state index in [9.17, 15) is 0 Å². The van der Waals surface area contributed by atoms with E-state index in [2.05, 4.69) is 228 Å². The SMILES string of the molecule is c1ccc(-c2ccc(N(c3ccc4c(c3)C3(c5ccccc5-c5ccccc53)c3ccccc3-4)c3ccc4c(c3)oc3cc(-n5ccc6c7ccccc7sc65)ccc34)cc2)cc1. The van der Waals surface area contributed by atoms with Crippen LogP contribution in [0, 0.1) is 0 Å². The summed E-state index contributed by atoms with van der Waals surface area (Å²) in [6.45, 7) is 0. The second-order valence-corrected chi connectivity index (χ2v) is 17.9. The summed E-state index contributed by atoms with van der Waals surface area (Å²) >= 11 is 1.83. The lowest BCUT2D eigenvalue weighted by molar-refractivity contribution is 0.668. The van der Waals surface area contributed by atoms with Crippen molar-refractivity contribution in [3.8, 4) is 39.1 Å². The number of aromatic nitrogens is 1. The second kappa shape index (κ2) is 13.0. The Kier molecular flexibility index (Phi) is 7.20. The number of hydrogen-bond donors (Lipinski definition) is 0. The van der Waals surface area contributed by atoms with Crippen LogP contribution in [-0.2, 0) is 5.41 Å². The van der Waals surface area contributed by atoms with Crippen molar-refractivity contribution >= 4 is 70.6 Å². The van der Waals surface area contributed by atoms with Crippen molar-refractivity contribution in [1.82, 2.24) is 4.57 Å². The molecule has 0 radical (unpaired) electrons. The van der Waals surface area contributed by atoms with E-state index in [0.717, 1.165) is 44.7 Å². The Morgan fingerprint density at radius 3 is 1.68 bits per heavy atom. The Morgan fingerprint density at radius 2 is 0.952 bits per heavy atom. The lowest BCUT2D eigenvalue weighted by Crippen LogP contribution is -2.26. The predicted molar refractivity (Wildman–Crippen MR) is 262 cm³/mol. The summed E-state index contributed by atoms with van der Waals surface area (Å²) in [4.78, 5) is 3.64. The van der Waals surface area contributed by atoms with Gasteiger partial charge in [0, 0.05) is 61.6 Å². The molecule has 0 saturated heterocycles. The maximum absolute atomic E-state index is 6.84. The third-order valence-corrected chi connectivity index (χ3v) is 14.9. The third-order valence-electron chi connectivity index (χ3n) is 13.7. The van der Waals surface area contributed by atoms with Crippen LogP contribution in [0.1, 0.15) is 22.3 Å². The molecular weight excluding hydrogens is 785 g/mol. The summed E-state index contributed by atoms with van der Waals surface area (Å²) in [6, 6.07) is 77.9. The Labute approximate surface area is 368 Å². The van der Waals surface area contributed by atoms with Gasteiger partial charge in [-0.1, -0.05) is 140 Å². The first kappa shape index (κ1) is 34.8. The Bertz CT molecular complexity index is 3750. The van der Waals surface area contributed by atoms with Gasteiger partial charge in [0.15, 0.2) is 0 Å². The smallest absolute Gasteiger partial charge is 0.137 e. The normalized spacial score (nSPS) is 13.2. The first-order valence-corrected chi connectivity index (χ1v) is 22.4. The van der Waals surface area contributed by atoms with Crippen LogP contribution < -0.4 is 4.90 Å². The van der Waals surface area contributed by atoms with E-state index < -0.39 is 5.41 Å². The van der Waals surface area contributed by atoms with Gasteiger partial charge in [-0.3, -0.25) is 0 Å². The number of furan rings is 1. The quantitative estimate of drug-likeness (QED) is 0.172. The highest BCUT2D eigenvalue weighted by Crippen LogP contribution is 2.63. The summed E-state index contributed by atoms with van der Waals surface area (Å²) in [7, 11) is 0. The van der Waals surface area contributed by atoms with Gasteiger partial charge >= 0.3 is 0 Å². The minimum absolute atomic E-state index is 0.445. The molecule has 14 rings (SSSR count). The minimum Gasteiger partial charge on any atom is -0.456 e. The van der Waals surface area contributed by atoms with Gasteiger partial charge < -0.3 is 13.9 Å². The fourth-order valence-electron chi connectivity index (χ4n) is 11.0. The average molecular weight is 821 g/mol. The van der Waals surface area contributed by atoms with Gasteiger partial charge in [0.2, 0.25) is 0 Å². The summed E-state index contributed by atoms with van der Waals surface area (Å²) in [5.74, 6) is 0. The second-order valence-electron chi connectivity index (χ2n) is 16.8. The number of nitrogens with zero attached hydrogens (tertiary/aromatic N) is 2. The van der Waals surface area contributed by atoms with Crippen LogP contribution in [0.3, 0.4) is 0 Å². The lowest BCUT2D eigenvalue weighted by Gasteiger charge is -2.32. The zero-order chi connectivity index (χ0) is 41.2. The highest BCUT2D eigenvalue weighted by atomic mass is 32.1. The van der Waals surface area contributed by atoms with Crippen LogP contribution in [0.25, 0.3) is 81.3 Å². The van der Waals surface area contributed by atoms with Crippen LogP contribution >= 0.6 is 11.3 Å². The predicted octanol–water partition coefficient (Wildman–Crippen LogP) is 16.2. The maximum Gasteiger partial charge on any atom is 0.137 e. The number of rotatable bonds is 5. The van der Waals surface area contributed by atoms with Gasteiger partial charge in [0.1, 0.15) is 16.0 Å². The van der Waals surface area contributed by atoms with Crippen molar-refractivity contribution in [2.24, 2.45) is 0 Å². The Morgan fingerprint density at radius 1 is 0.397 bits per heavy atom. The monoisotopic (exact) mass is 820 g/mol. The molecule has 3 aromatic heterocycles. The molecule has 3 heterocycles. The van der Waals surface area contributed by atoms with Crippen molar-refractivity contribution in [3.05, 3.63) is 241 Å². The molecule has 0 atom stereocenters. The van der Waals surface area contributed by atoms with Crippen molar-refractivity contribution in [2.75, 3.05) is 4.90 Å². The molecule has 3 nitrogen and oxygen atoms in total. The molecular formula is C59H36N2OS. The van der Waals surface area contributed by atoms with Crippen LogP contribution in [-0.4, -0.2) is 4.57 Å². The van der Waals surface area contributed by atoms with E-state index >= 15 is 0 Å². The molecule has 2 aliphatic carbocycles. The fraction of sp³-hybridized carbons (Fsp3) is 0.0169. The largest absolute Gasteiger partial charge is 0.456 e. The number of thiophene rings is 1. The number of benzene rings is 9. The molecule has 294 valence electrons. The Balaban J connectivity index is 0.951. The zero-order valence-electron chi connectivity index (χ0n) is 34.0. The lowest BCUT2D eigenvalue weighted by atomic mass is 9.70. The molecule has 0 saturated carbocycles. The summed E-state index contributed by atoms with van der Waals surface area (Å²) in [6.07, 6.45) is 2.18. The summed E-state index contributed by atoms with van der Waals surface area (Å²) in [5.41, 5.74) is 18.4. The van der Waals surface area contributed by atoms with Gasteiger partial charge in [-0.25, -0.2) is 0 Å². The molecule has 63 heavy (non-hydrogen) atoms. The molecule has 0 aliphatic heterocycles. The van der Waals surface area contributed by atoms with Crippen molar-refractivity contribution < 1.29 is 4.42 Å². The summed E-state index contributed by atoms with van der Waals surface area (Å²) in [5, 5.41) is 4.79. The third kappa shape index (κ3) is 4.84. The van der Waals surface area contributed by atoms with Gasteiger partial charge in [-0.2, -0.15) is 0 Å². The molecule has 0 amide bonds. The molecule has 9 aromatic carbocycles. The molecule has 0 N–H and O–H groups in total. The minimum atomic E-state index is -0.445. The molecule has 12 aromatic rings. The van der Waals surface area contributed by atoms with E-state index in [1.807, 2.05) is 11.3 Å². The molecule has 0 bridgehead atoms. The van der Waals surface area contributed by atoms with Crippen molar-refractivity contribution in [2.45, 2.75) is 5.41 Å². The number of hydrogen-bond acceptors (Lipinski definition) is 3. The first-order chi connectivity index (χ1) is 31.2. The van der Waals surface area contributed by atoms with Gasteiger partial charge in [0.05, 0.1) is 11.1 Å². The molecule has 0 fully saturated rings. The highest BCUT2D eigenvalue weighted by Gasteiger charge is 2.51. The van der Waals surface area contributed by atoms with Crippen LogP contribution in [0.4, 0.5) is 17.1 Å². The van der Waals surface area contributed by atoms with E-state index in [0.29, 0.717) is 0 Å². The van der Waals surface area contributed by atoms with Crippen LogP contribution in [0.5, 0.6) is 0 Å². The topological polar surface area (TPSA) is 21.3 Å². The maximum atomic E-state index is 6.84. The van der Waals surface area contributed by atoms with Crippen molar-refractivity contribution in [1.29, 1.82) is 0 Å². The molecule has 1 spiro atoms. The van der Waals surface area contributed by atoms with Crippen LogP contribution in [0.15, 0.2) is 223 Å². The fourth-order valence-corrected chi connectivity index (χ4v) is 12.2. The highest BCUT2D eigenvalue weighted by molar-refractivity contribution is 7.25. The van der Waals surface area contributed by atoms with Gasteiger partial charge in [-0.15, -0.1) is 11.3 Å². The average Bonchev–Trinajstić information content (AvgIpc) is 4.15. The standard InChI is InChI=1S/C59H36N2OS/c1-2-12-37(13-3-1)38-22-24-39(25-23-38)61(41-27-29-46-45-16-6-10-20-53(45)59(54(46)34-41)51-18-8-4-14-43(51)44-15-5-9-19-52(44)59)42-28-31-48-47-30-26-40(35-55(47)62-56(48)36-42)60-33-32-50-49-17-7-11-21-57(49)63-58(50)60/h1-36H. The molecule has 2 aliphatic rings. The zero-order valence-corrected chi connectivity index (χ0v) is 34.8. The summed E-state index contributed by atoms with van der Waals surface area (Å²) < 4.78 is 10.4. The molecule has 4 heteroatoms. The van der Waals surface area contributed by atoms with Gasteiger partial charge in [0.25, 0.3) is 0 Å².